The number of aromatic nitrogens is 1. The lowest BCUT2D eigenvalue weighted by Gasteiger charge is -2.09. The highest BCUT2D eigenvalue weighted by Crippen LogP contribution is 2.31. The minimum atomic E-state index is -2.63. The van der Waals surface area contributed by atoms with Crippen molar-refractivity contribution in [2.24, 2.45) is 0 Å². The van der Waals surface area contributed by atoms with Crippen LogP contribution >= 0.6 is 31.9 Å². The van der Waals surface area contributed by atoms with Crippen LogP contribution in [-0.2, 0) is 11.8 Å². The van der Waals surface area contributed by atoms with Crippen molar-refractivity contribution in [3.63, 3.8) is 0 Å². The van der Waals surface area contributed by atoms with Crippen molar-refractivity contribution in [2.45, 2.75) is 18.2 Å². The highest BCUT2D eigenvalue weighted by molar-refractivity contribution is 9.10. The average molecular weight is 340 g/mol. The van der Waals surface area contributed by atoms with Crippen molar-refractivity contribution in [2.75, 3.05) is 0 Å². The molecule has 0 amide bonds. The van der Waals surface area contributed by atoms with Crippen LogP contribution in [0.2, 0.25) is 0 Å². The number of nitriles is 1. The summed E-state index contributed by atoms with van der Waals surface area (Å²) in [5.74, 6) is 0. The maximum absolute atomic E-state index is 12.7. The van der Waals surface area contributed by atoms with Crippen LogP contribution in [0.1, 0.15) is 23.4 Å². The van der Waals surface area contributed by atoms with E-state index in [4.69, 9.17) is 5.26 Å². The van der Waals surface area contributed by atoms with E-state index in [0.717, 1.165) is 0 Å². The first-order chi connectivity index (χ1) is 7.10. The molecule has 0 radical (unpaired) electrons. The molecule has 1 rings (SSSR count). The van der Waals surface area contributed by atoms with Crippen LogP contribution in [0.25, 0.3) is 0 Å². The zero-order valence-corrected chi connectivity index (χ0v) is 10.6. The molecule has 1 aromatic heterocycles. The Balaban J connectivity index is 3.30. The Morgan fingerprint density at radius 3 is 2.67 bits per heavy atom. The van der Waals surface area contributed by atoms with Crippen LogP contribution in [0, 0.1) is 11.3 Å². The van der Waals surface area contributed by atoms with Crippen molar-refractivity contribution in [3.05, 3.63) is 27.5 Å². The average Bonchev–Trinajstić information content (AvgIpc) is 2.16. The predicted octanol–water partition coefficient (Wildman–Crippen LogP) is 3.74. The molecule has 0 fully saturated rings. The lowest BCUT2D eigenvalue weighted by atomic mass is 10.1. The van der Waals surface area contributed by atoms with Crippen LogP contribution in [0.3, 0.4) is 0 Å². The van der Waals surface area contributed by atoms with Crippen LogP contribution in [0.15, 0.2) is 10.5 Å². The summed E-state index contributed by atoms with van der Waals surface area (Å²) in [6, 6.07) is 3.35. The van der Waals surface area contributed by atoms with E-state index in [1.807, 2.05) is 6.07 Å². The summed E-state index contributed by atoms with van der Waals surface area (Å²) >= 11 is 6.24. The zero-order chi connectivity index (χ0) is 11.4. The lowest BCUT2D eigenvalue weighted by molar-refractivity contribution is 0.149. The Morgan fingerprint density at radius 1 is 1.53 bits per heavy atom. The van der Waals surface area contributed by atoms with Crippen molar-refractivity contribution < 1.29 is 8.78 Å². The van der Waals surface area contributed by atoms with E-state index in [9.17, 15) is 8.78 Å². The van der Waals surface area contributed by atoms with Gasteiger partial charge in [0.25, 0.3) is 6.43 Å². The van der Waals surface area contributed by atoms with Crippen LogP contribution in [0.5, 0.6) is 0 Å². The second-order valence-electron chi connectivity index (χ2n) is 2.73. The van der Waals surface area contributed by atoms with Gasteiger partial charge in [-0.15, -0.1) is 0 Å². The third kappa shape index (κ3) is 2.95. The Labute approximate surface area is 103 Å². The minimum absolute atomic E-state index is 0.112. The fourth-order valence-electron chi connectivity index (χ4n) is 1.14. The maximum Gasteiger partial charge on any atom is 0.266 e. The molecule has 0 aliphatic carbocycles. The molecular formula is C9H6Br2F2N2. The summed E-state index contributed by atoms with van der Waals surface area (Å²) in [5.41, 5.74) is 0.564. The molecular weight excluding hydrogens is 334 g/mol. The first kappa shape index (κ1) is 12.5. The van der Waals surface area contributed by atoms with Gasteiger partial charge in [-0.2, -0.15) is 5.26 Å². The number of rotatable bonds is 3. The van der Waals surface area contributed by atoms with E-state index < -0.39 is 6.43 Å². The highest BCUT2D eigenvalue weighted by Gasteiger charge is 2.18. The Morgan fingerprint density at radius 2 is 2.20 bits per heavy atom. The first-order valence-corrected chi connectivity index (χ1v) is 5.90. The molecule has 80 valence electrons. The standard InChI is InChI=1S/C9H6Br2F2N2/c10-4-5-3-6(11)8(9(12)13)7(15-5)1-2-14/h3,9H,1,4H2. The lowest BCUT2D eigenvalue weighted by Crippen LogP contribution is -2.02. The van der Waals surface area contributed by atoms with Crippen molar-refractivity contribution in [1.29, 1.82) is 5.26 Å². The van der Waals surface area contributed by atoms with Crippen LogP contribution < -0.4 is 0 Å². The molecule has 1 heterocycles. The number of alkyl halides is 3. The third-order valence-corrected chi connectivity index (χ3v) is 2.97. The van der Waals surface area contributed by atoms with E-state index in [2.05, 4.69) is 36.8 Å². The molecule has 0 saturated carbocycles. The van der Waals surface area contributed by atoms with Crippen molar-refractivity contribution in [1.82, 2.24) is 4.98 Å². The number of pyridine rings is 1. The highest BCUT2D eigenvalue weighted by atomic mass is 79.9. The van der Waals surface area contributed by atoms with Crippen molar-refractivity contribution >= 4 is 31.9 Å². The van der Waals surface area contributed by atoms with Gasteiger partial charge < -0.3 is 0 Å². The normalized spacial score (nSPS) is 10.4. The van der Waals surface area contributed by atoms with E-state index in [1.165, 1.54) is 6.07 Å². The largest absolute Gasteiger partial charge is 0.266 e. The summed E-state index contributed by atoms with van der Waals surface area (Å²) < 4.78 is 25.6. The topological polar surface area (TPSA) is 36.7 Å². The summed E-state index contributed by atoms with van der Waals surface area (Å²) in [7, 11) is 0. The second-order valence-corrected chi connectivity index (χ2v) is 4.14. The monoisotopic (exact) mass is 338 g/mol. The summed E-state index contributed by atoms with van der Waals surface area (Å²) in [4.78, 5) is 3.98. The van der Waals surface area contributed by atoms with Gasteiger partial charge >= 0.3 is 0 Å². The molecule has 0 spiro atoms. The maximum atomic E-state index is 12.7. The van der Waals surface area contributed by atoms with E-state index in [0.29, 0.717) is 15.5 Å². The zero-order valence-electron chi connectivity index (χ0n) is 7.48. The molecule has 0 N–H and O–H groups in total. The quantitative estimate of drug-likeness (QED) is 0.786. The number of hydrogen-bond acceptors (Lipinski definition) is 2. The van der Waals surface area contributed by atoms with E-state index >= 15 is 0 Å². The summed E-state index contributed by atoms with van der Waals surface area (Å²) in [6.45, 7) is 0. The fraction of sp³-hybridized carbons (Fsp3) is 0.333. The number of nitrogens with zero attached hydrogens (tertiary/aromatic N) is 2. The van der Waals surface area contributed by atoms with Gasteiger partial charge in [-0.3, -0.25) is 4.98 Å². The van der Waals surface area contributed by atoms with Gasteiger partial charge in [-0.05, 0) is 6.07 Å². The molecule has 0 bridgehead atoms. The predicted molar refractivity (Wildman–Crippen MR) is 58.8 cm³/mol. The van der Waals surface area contributed by atoms with E-state index in [1.54, 1.807) is 0 Å². The summed E-state index contributed by atoms with van der Waals surface area (Å²) in [5, 5.41) is 8.98. The SMILES string of the molecule is N#CCc1nc(CBr)cc(Br)c1C(F)F. The smallest absolute Gasteiger partial charge is 0.255 e. The van der Waals surface area contributed by atoms with Crippen LogP contribution in [0.4, 0.5) is 8.78 Å². The van der Waals surface area contributed by atoms with Gasteiger partial charge in [0.2, 0.25) is 0 Å². The van der Waals surface area contributed by atoms with Gasteiger partial charge in [0.05, 0.1) is 29.4 Å². The van der Waals surface area contributed by atoms with Gasteiger partial charge in [0.15, 0.2) is 0 Å². The molecule has 2 nitrogen and oxygen atoms in total. The van der Waals surface area contributed by atoms with Crippen molar-refractivity contribution in [3.8, 4) is 6.07 Å². The Bertz CT molecular complexity index is 402. The number of halogens is 4. The molecule has 1 aromatic rings. The first-order valence-electron chi connectivity index (χ1n) is 3.99. The summed E-state index contributed by atoms with van der Waals surface area (Å²) in [6.07, 6.45) is -2.74. The molecule has 6 heteroatoms. The number of hydrogen-bond donors (Lipinski definition) is 0. The molecule has 0 unspecified atom stereocenters. The molecule has 0 aliphatic rings. The molecule has 15 heavy (non-hydrogen) atoms. The Hall–Kier alpha value is -0.540. The molecule has 0 aromatic carbocycles. The van der Waals surface area contributed by atoms with Gasteiger partial charge in [-0.1, -0.05) is 31.9 Å². The van der Waals surface area contributed by atoms with E-state index in [-0.39, 0.29) is 17.7 Å². The molecule has 0 saturated heterocycles. The minimum Gasteiger partial charge on any atom is -0.255 e. The fourth-order valence-corrected chi connectivity index (χ4v) is 2.09. The Kier molecular flexibility index (Phi) is 4.61. The third-order valence-electron chi connectivity index (χ3n) is 1.74. The molecule has 0 aliphatic heterocycles. The van der Waals surface area contributed by atoms with Crippen LogP contribution in [-0.4, -0.2) is 4.98 Å². The van der Waals surface area contributed by atoms with Gasteiger partial charge in [-0.25, -0.2) is 8.78 Å². The van der Waals surface area contributed by atoms with Gasteiger partial charge in [0, 0.05) is 9.80 Å². The van der Waals surface area contributed by atoms with Gasteiger partial charge in [0.1, 0.15) is 0 Å². The second kappa shape index (κ2) is 5.52. The molecule has 0 atom stereocenters.